The monoisotopic (exact) mass is 251 g/mol. The Morgan fingerprint density at radius 1 is 1.53 bits per heavy atom. The van der Waals surface area contributed by atoms with Crippen LogP contribution in [0.25, 0.3) is 0 Å². The number of aromatic nitrogens is 1. The molecule has 2 heterocycles. The highest BCUT2D eigenvalue weighted by Crippen LogP contribution is 2.30. The molecule has 0 bridgehead atoms. The average Bonchev–Trinajstić information content (AvgIpc) is 2.79. The van der Waals surface area contributed by atoms with Crippen LogP contribution in [0.1, 0.15) is 44.6 Å². The molecule has 0 spiro atoms. The standard InChI is InChI=1S/C12H17N3OS/c1-12(2,3)17(16)14-10-6-7-15-9(8-13)4-5-11(10)15/h4-5,10,14H,6-7H2,1-3H3/t10-,17-/m0/s1. The minimum Gasteiger partial charge on any atom is -0.598 e. The first-order valence-corrected chi connectivity index (χ1v) is 6.86. The van der Waals surface area contributed by atoms with Crippen LogP contribution in [0.4, 0.5) is 0 Å². The Morgan fingerprint density at radius 3 is 2.82 bits per heavy atom. The Bertz CT molecular complexity index is 455. The van der Waals surface area contributed by atoms with Gasteiger partial charge in [0, 0.05) is 23.6 Å². The van der Waals surface area contributed by atoms with Gasteiger partial charge >= 0.3 is 0 Å². The van der Waals surface area contributed by atoms with E-state index in [2.05, 4.69) is 10.8 Å². The molecule has 0 amide bonds. The topological polar surface area (TPSA) is 63.8 Å². The molecule has 1 aliphatic heterocycles. The smallest absolute Gasteiger partial charge is 0.136 e. The Labute approximate surface area is 105 Å². The molecule has 0 aromatic carbocycles. The first-order valence-electron chi connectivity index (χ1n) is 5.71. The van der Waals surface area contributed by atoms with Crippen LogP contribution in [-0.2, 0) is 17.9 Å². The zero-order valence-corrected chi connectivity index (χ0v) is 11.2. The molecule has 0 aliphatic carbocycles. The van der Waals surface area contributed by atoms with Crippen LogP contribution in [0.3, 0.4) is 0 Å². The second-order valence-corrected chi connectivity index (χ2v) is 7.24. The molecule has 0 radical (unpaired) electrons. The van der Waals surface area contributed by atoms with Crippen LogP contribution in [0.5, 0.6) is 0 Å². The van der Waals surface area contributed by atoms with Crippen molar-refractivity contribution in [3.63, 3.8) is 0 Å². The van der Waals surface area contributed by atoms with Gasteiger partial charge in [0.1, 0.15) is 16.5 Å². The largest absolute Gasteiger partial charge is 0.598 e. The summed E-state index contributed by atoms with van der Waals surface area (Å²) in [5.74, 6) is 0. The van der Waals surface area contributed by atoms with Crippen molar-refractivity contribution in [2.45, 2.75) is 44.5 Å². The van der Waals surface area contributed by atoms with Crippen molar-refractivity contribution in [2.24, 2.45) is 0 Å². The van der Waals surface area contributed by atoms with Gasteiger partial charge in [-0.2, -0.15) is 5.26 Å². The van der Waals surface area contributed by atoms with Gasteiger partial charge in [0.25, 0.3) is 0 Å². The van der Waals surface area contributed by atoms with E-state index >= 15 is 0 Å². The van der Waals surface area contributed by atoms with Crippen molar-refractivity contribution in [2.75, 3.05) is 0 Å². The van der Waals surface area contributed by atoms with Crippen LogP contribution in [0.2, 0.25) is 0 Å². The van der Waals surface area contributed by atoms with Gasteiger partial charge in [-0.1, -0.05) is 0 Å². The molecule has 2 rings (SSSR count). The summed E-state index contributed by atoms with van der Waals surface area (Å²) in [6.45, 7) is 6.67. The first-order chi connectivity index (χ1) is 7.93. The van der Waals surface area contributed by atoms with Gasteiger partial charge in [0.2, 0.25) is 0 Å². The van der Waals surface area contributed by atoms with Crippen LogP contribution in [0, 0.1) is 11.3 Å². The summed E-state index contributed by atoms with van der Waals surface area (Å²) in [6.07, 6.45) is 0.896. The number of hydrogen-bond donors (Lipinski definition) is 1. The maximum atomic E-state index is 12.0. The molecule has 0 unspecified atom stereocenters. The van der Waals surface area contributed by atoms with Gasteiger partial charge in [-0.3, -0.25) is 0 Å². The van der Waals surface area contributed by atoms with E-state index in [9.17, 15) is 4.55 Å². The third kappa shape index (κ3) is 2.34. The van der Waals surface area contributed by atoms with Gasteiger partial charge in [-0.15, -0.1) is 4.72 Å². The van der Waals surface area contributed by atoms with Crippen molar-refractivity contribution in [3.05, 3.63) is 23.5 Å². The first kappa shape index (κ1) is 12.5. The highest BCUT2D eigenvalue weighted by Gasteiger charge is 2.33. The van der Waals surface area contributed by atoms with Gasteiger partial charge in [0.05, 0.1) is 6.04 Å². The predicted molar refractivity (Wildman–Crippen MR) is 67.5 cm³/mol. The molecule has 1 aromatic heterocycles. The minimum absolute atomic E-state index is 0.0946. The zero-order chi connectivity index (χ0) is 12.6. The van der Waals surface area contributed by atoms with E-state index < -0.39 is 11.4 Å². The maximum absolute atomic E-state index is 12.0. The van der Waals surface area contributed by atoms with E-state index in [-0.39, 0.29) is 10.8 Å². The molecule has 4 nitrogen and oxygen atoms in total. The number of nitrogens with one attached hydrogen (secondary N) is 1. The molecule has 0 saturated heterocycles. The van der Waals surface area contributed by atoms with E-state index in [1.54, 1.807) is 0 Å². The second kappa shape index (κ2) is 4.37. The average molecular weight is 251 g/mol. The molecule has 1 aromatic rings. The summed E-state index contributed by atoms with van der Waals surface area (Å²) >= 11 is -1.07. The zero-order valence-electron chi connectivity index (χ0n) is 10.4. The summed E-state index contributed by atoms with van der Waals surface area (Å²) < 4.78 is 16.9. The van der Waals surface area contributed by atoms with Crippen molar-refractivity contribution in [1.29, 1.82) is 5.26 Å². The molecule has 0 saturated carbocycles. The number of nitriles is 1. The van der Waals surface area contributed by atoms with Crippen LogP contribution in [-0.4, -0.2) is 13.9 Å². The highest BCUT2D eigenvalue weighted by molar-refractivity contribution is 7.90. The van der Waals surface area contributed by atoms with Crippen LogP contribution >= 0.6 is 0 Å². The van der Waals surface area contributed by atoms with Gasteiger partial charge in [-0.05, 0) is 39.3 Å². The lowest BCUT2D eigenvalue weighted by molar-refractivity contribution is 0.521. The summed E-state index contributed by atoms with van der Waals surface area (Å²) in [4.78, 5) is 0. The predicted octanol–water partition coefficient (Wildman–Crippen LogP) is 1.86. The van der Waals surface area contributed by atoms with E-state index in [0.29, 0.717) is 5.69 Å². The summed E-state index contributed by atoms with van der Waals surface area (Å²) in [5, 5.41) is 8.94. The maximum Gasteiger partial charge on any atom is 0.136 e. The van der Waals surface area contributed by atoms with Crippen molar-refractivity contribution >= 4 is 11.4 Å². The lowest BCUT2D eigenvalue weighted by Gasteiger charge is -2.26. The Kier molecular flexibility index (Phi) is 3.21. The van der Waals surface area contributed by atoms with Gasteiger partial charge in [-0.25, -0.2) is 0 Å². The molecule has 92 valence electrons. The molecule has 2 atom stereocenters. The minimum atomic E-state index is -1.07. The number of hydrogen-bond acceptors (Lipinski definition) is 3. The molecular formula is C12H17N3OS. The SMILES string of the molecule is CC(C)(C)[S@+]([O-])N[C@H]1CCn2c(C#N)ccc21. The quantitative estimate of drug-likeness (QED) is 0.816. The second-order valence-electron chi connectivity index (χ2n) is 5.25. The van der Waals surface area contributed by atoms with E-state index in [4.69, 9.17) is 5.26 Å². The van der Waals surface area contributed by atoms with E-state index in [1.165, 1.54) is 0 Å². The van der Waals surface area contributed by atoms with Gasteiger partial charge in [0.15, 0.2) is 0 Å². The molecule has 1 aliphatic rings. The number of fused-ring (bicyclic) bond motifs is 1. The normalized spacial score (nSPS) is 21.0. The Morgan fingerprint density at radius 2 is 2.24 bits per heavy atom. The fourth-order valence-corrected chi connectivity index (χ4v) is 2.82. The van der Waals surface area contributed by atoms with E-state index in [0.717, 1.165) is 18.7 Å². The third-order valence-corrected chi connectivity index (χ3v) is 4.54. The van der Waals surface area contributed by atoms with Crippen LogP contribution in [0.15, 0.2) is 12.1 Å². The van der Waals surface area contributed by atoms with Gasteiger partial charge < -0.3 is 9.12 Å². The summed E-state index contributed by atoms with van der Waals surface area (Å²) in [7, 11) is 0. The van der Waals surface area contributed by atoms with Crippen molar-refractivity contribution in [3.8, 4) is 6.07 Å². The van der Waals surface area contributed by atoms with E-state index in [1.807, 2.05) is 37.5 Å². The number of nitrogens with zero attached hydrogens (tertiary/aromatic N) is 2. The lowest BCUT2D eigenvalue weighted by Crippen LogP contribution is -2.40. The van der Waals surface area contributed by atoms with Crippen LogP contribution < -0.4 is 4.72 Å². The fourth-order valence-electron chi connectivity index (χ4n) is 1.97. The Hall–Kier alpha value is -0.960. The van der Waals surface area contributed by atoms with Crippen molar-refractivity contribution < 1.29 is 4.55 Å². The lowest BCUT2D eigenvalue weighted by atomic mass is 10.2. The third-order valence-electron chi connectivity index (χ3n) is 2.93. The summed E-state index contributed by atoms with van der Waals surface area (Å²) in [5.41, 5.74) is 1.75. The fraction of sp³-hybridized carbons (Fsp3) is 0.583. The highest BCUT2D eigenvalue weighted by atomic mass is 32.2. The molecule has 0 fully saturated rings. The summed E-state index contributed by atoms with van der Waals surface area (Å²) in [6, 6.07) is 6.04. The number of rotatable bonds is 2. The molecule has 1 N–H and O–H groups in total. The molecule has 17 heavy (non-hydrogen) atoms. The molecular weight excluding hydrogens is 234 g/mol. The molecule has 5 heteroatoms. The Balaban J connectivity index is 2.13. The van der Waals surface area contributed by atoms with Crippen molar-refractivity contribution in [1.82, 2.24) is 9.29 Å².